The molecule has 9 nitrogen and oxygen atoms in total. The molecular formula is C22H14Cl2N8O. The third-order valence-corrected chi connectivity index (χ3v) is 5.98. The van der Waals surface area contributed by atoms with Gasteiger partial charge in [-0.25, -0.2) is 14.5 Å². The lowest BCUT2D eigenvalue weighted by molar-refractivity contribution is 0.694. The Hall–Kier alpha value is -3.95. The Balaban J connectivity index is 1.42. The highest BCUT2D eigenvalue weighted by molar-refractivity contribution is 6.35. The van der Waals surface area contributed by atoms with E-state index >= 15 is 0 Å². The highest BCUT2D eigenvalue weighted by atomic mass is 35.5. The Bertz CT molecular complexity index is 1710. The van der Waals surface area contributed by atoms with Crippen LogP contribution in [-0.2, 0) is 6.54 Å². The predicted octanol–water partition coefficient (Wildman–Crippen LogP) is 4.20. The Labute approximate surface area is 195 Å². The monoisotopic (exact) mass is 476 g/mol. The van der Waals surface area contributed by atoms with Crippen LogP contribution in [0.1, 0.15) is 5.56 Å². The van der Waals surface area contributed by atoms with Gasteiger partial charge < -0.3 is 9.97 Å². The summed E-state index contributed by atoms with van der Waals surface area (Å²) >= 11 is 12.4. The number of hydrogen-bond donors (Lipinski definition) is 2. The maximum atomic E-state index is 11.6. The topological polar surface area (TPSA) is 110 Å². The predicted molar refractivity (Wildman–Crippen MR) is 126 cm³/mol. The molecule has 0 atom stereocenters. The van der Waals surface area contributed by atoms with Gasteiger partial charge in [0.15, 0.2) is 0 Å². The lowest BCUT2D eigenvalue weighted by Crippen LogP contribution is -2.04. The van der Waals surface area contributed by atoms with Crippen molar-refractivity contribution in [2.45, 2.75) is 6.54 Å². The molecule has 0 aliphatic rings. The summed E-state index contributed by atoms with van der Waals surface area (Å²) in [4.78, 5) is 21.6. The zero-order chi connectivity index (χ0) is 22.5. The van der Waals surface area contributed by atoms with Crippen molar-refractivity contribution in [3.8, 4) is 16.9 Å². The second-order valence-electron chi connectivity index (χ2n) is 7.49. The summed E-state index contributed by atoms with van der Waals surface area (Å²) < 4.78 is 3.54. The number of H-pyrrole nitrogens is 2. The molecule has 0 spiro atoms. The number of hydrogen-bond acceptors (Lipinski definition) is 5. The van der Waals surface area contributed by atoms with Crippen molar-refractivity contribution in [3.05, 3.63) is 87.0 Å². The first-order valence-electron chi connectivity index (χ1n) is 9.95. The third kappa shape index (κ3) is 3.47. The van der Waals surface area contributed by atoms with Crippen molar-refractivity contribution < 1.29 is 0 Å². The number of halogens is 2. The number of fused-ring (bicyclic) bond motifs is 2. The standard InChI is InChI=1S/C22H14Cl2N8O/c23-14-2-1-12(16(24)8-14)11-31-19(5-6-26-31)13-7-20-21(25-10-13)29-30-32(20)15-3-4-17-18(9-15)28-22(33)27-17/h1-10H,11H2,(H2,27,28,33). The highest BCUT2D eigenvalue weighted by Crippen LogP contribution is 2.27. The minimum atomic E-state index is -0.261. The second-order valence-corrected chi connectivity index (χ2v) is 8.33. The molecule has 0 amide bonds. The molecule has 0 bridgehead atoms. The van der Waals surface area contributed by atoms with E-state index in [1.54, 1.807) is 29.2 Å². The summed E-state index contributed by atoms with van der Waals surface area (Å²) in [5, 5.41) is 14.1. The summed E-state index contributed by atoms with van der Waals surface area (Å²) in [6.45, 7) is 0.478. The van der Waals surface area contributed by atoms with Crippen molar-refractivity contribution in [2.24, 2.45) is 0 Å². The molecule has 6 aromatic rings. The molecule has 0 saturated carbocycles. The van der Waals surface area contributed by atoms with Gasteiger partial charge in [-0.2, -0.15) is 5.10 Å². The number of pyridine rings is 1. The highest BCUT2D eigenvalue weighted by Gasteiger charge is 2.14. The second kappa shape index (κ2) is 7.58. The summed E-state index contributed by atoms with van der Waals surface area (Å²) in [5.41, 5.74) is 5.75. The van der Waals surface area contributed by atoms with E-state index in [0.717, 1.165) is 33.5 Å². The van der Waals surface area contributed by atoms with Gasteiger partial charge in [0.05, 0.1) is 29.0 Å². The Morgan fingerprint density at radius 3 is 2.73 bits per heavy atom. The van der Waals surface area contributed by atoms with E-state index in [4.69, 9.17) is 23.2 Å². The van der Waals surface area contributed by atoms with Crippen molar-refractivity contribution in [3.63, 3.8) is 0 Å². The van der Waals surface area contributed by atoms with E-state index in [2.05, 4.69) is 30.4 Å². The first-order chi connectivity index (χ1) is 16.0. The first kappa shape index (κ1) is 19.7. The van der Waals surface area contributed by atoms with Crippen LogP contribution >= 0.6 is 23.2 Å². The van der Waals surface area contributed by atoms with Crippen LogP contribution in [0.5, 0.6) is 0 Å². The van der Waals surface area contributed by atoms with Gasteiger partial charge >= 0.3 is 5.69 Å². The number of benzene rings is 2. The smallest absolute Gasteiger partial charge is 0.306 e. The molecule has 6 rings (SSSR count). The van der Waals surface area contributed by atoms with Crippen LogP contribution in [0.3, 0.4) is 0 Å². The summed E-state index contributed by atoms with van der Waals surface area (Å²) in [5.74, 6) is 0. The first-order valence-corrected chi connectivity index (χ1v) is 10.7. The van der Waals surface area contributed by atoms with Crippen molar-refractivity contribution in [1.29, 1.82) is 0 Å². The van der Waals surface area contributed by atoms with Crippen LogP contribution in [0.4, 0.5) is 0 Å². The largest absolute Gasteiger partial charge is 0.323 e. The molecule has 2 N–H and O–H groups in total. The molecule has 0 aliphatic carbocycles. The lowest BCUT2D eigenvalue weighted by Gasteiger charge is -2.10. The molecule has 0 radical (unpaired) electrons. The summed E-state index contributed by atoms with van der Waals surface area (Å²) in [6, 6.07) is 14.8. The van der Waals surface area contributed by atoms with E-state index in [1.807, 2.05) is 41.1 Å². The van der Waals surface area contributed by atoms with Gasteiger partial charge in [-0.15, -0.1) is 5.10 Å². The summed E-state index contributed by atoms with van der Waals surface area (Å²) in [7, 11) is 0. The van der Waals surface area contributed by atoms with Crippen molar-refractivity contribution in [1.82, 2.24) is 39.7 Å². The van der Waals surface area contributed by atoms with Crippen LogP contribution in [0.25, 0.3) is 39.1 Å². The minimum Gasteiger partial charge on any atom is -0.306 e. The van der Waals surface area contributed by atoms with Crippen LogP contribution in [0, 0.1) is 0 Å². The molecule has 0 aliphatic heterocycles. The molecule has 11 heteroatoms. The number of imidazole rings is 1. The minimum absolute atomic E-state index is 0.261. The van der Waals surface area contributed by atoms with E-state index < -0.39 is 0 Å². The van der Waals surface area contributed by atoms with E-state index in [1.165, 1.54) is 0 Å². The van der Waals surface area contributed by atoms with E-state index in [0.29, 0.717) is 27.8 Å². The average molecular weight is 477 g/mol. The SMILES string of the molecule is O=c1[nH]c2ccc(-n3nnc4ncc(-c5ccnn5Cc5ccc(Cl)cc5Cl)cc43)cc2[nH]1. The molecule has 33 heavy (non-hydrogen) atoms. The molecule has 4 heterocycles. The molecule has 0 unspecified atom stereocenters. The third-order valence-electron chi connectivity index (χ3n) is 5.40. The normalized spacial score (nSPS) is 11.6. The van der Waals surface area contributed by atoms with Gasteiger partial charge in [-0.05, 0) is 48.0 Å². The van der Waals surface area contributed by atoms with E-state index in [9.17, 15) is 4.79 Å². The van der Waals surface area contributed by atoms with Crippen LogP contribution in [-0.4, -0.2) is 39.7 Å². The number of nitrogens with one attached hydrogen (secondary N) is 2. The quantitative estimate of drug-likeness (QED) is 0.396. The maximum Gasteiger partial charge on any atom is 0.323 e. The van der Waals surface area contributed by atoms with Gasteiger partial charge in [0.1, 0.15) is 5.52 Å². The number of aromatic amines is 2. The number of nitrogens with zero attached hydrogens (tertiary/aromatic N) is 6. The maximum absolute atomic E-state index is 11.6. The molecule has 162 valence electrons. The Kier molecular flexibility index (Phi) is 4.53. The lowest BCUT2D eigenvalue weighted by atomic mass is 10.2. The molecular weight excluding hydrogens is 463 g/mol. The van der Waals surface area contributed by atoms with Crippen LogP contribution in [0.15, 0.2) is 65.7 Å². The zero-order valence-corrected chi connectivity index (χ0v) is 18.3. The molecule has 4 aromatic heterocycles. The number of aromatic nitrogens is 8. The van der Waals surface area contributed by atoms with Gasteiger partial charge in [0.25, 0.3) is 0 Å². The molecule has 0 saturated heterocycles. The van der Waals surface area contributed by atoms with Gasteiger partial charge in [-0.3, -0.25) is 4.68 Å². The Morgan fingerprint density at radius 2 is 1.85 bits per heavy atom. The zero-order valence-electron chi connectivity index (χ0n) is 16.8. The Morgan fingerprint density at radius 1 is 0.970 bits per heavy atom. The van der Waals surface area contributed by atoms with Crippen LogP contribution < -0.4 is 5.69 Å². The van der Waals surface area contributed by atoms with Gasteiger partial charge in [-0.1, -0.05) is 34.5 Å². The van der Waals surface area contributed by atoms with Crippen molar-refractivity contribution in [2.75, 3.05) is 0 Å². The fraction of sp³-hybridized carbons (Fsp3) is 0.0455. The van der Waals surface area contributed by atoms with Gasteiger partial charge in [0, 0.05) is 28.0 Å². The van der Waals surface area contributed by atoms with Crippen molar-refractivity contribution >= 4 is 45.4 Å². The van der Waals surface area contributed by atoms with Gasteiger partial charge in [0.2, 0.25) is 5.65 Å². The molecule has 2 aromatic carbocycles. The van der Waals surface area contributed by atoms with E-state index in [-0.39, 0.29) is 5.69 Å². The average Bonchev–Trinajstić information content (AvgIpc) is 3.52. The van der Waals surface area contributed by atoms with Crippen LogP contribution in [0.2, 0.25) is 10.0 Å². The number of rotatable bonds is 4. The fourth-order valence-electron chi connectivity index (χ4n) is 3.81. The summed E-state index contributed by atoms with van der Waals surface area (Å²) in [6.07, 6.45) is 3.47. The molecule has 0 fully saturated rings. The fourth-order valence-corrected chi connectivity index (χ4v) is 4.28.